The van der Waals surface area contributed by atoms with E-state index in [0.717, 1.165) is 22.6 Å². The fraction of sp³-hybridized carbons (Fsp3) is 0.222. The molecule has 1 aliphatic carbocycles. The van der Waals surface area contributed by atoms with Crippen molar-refractivity contribution in [3.05, 3.63) is 84.8 Å². The van der Waals surface area contributed by atoms with Gasteiger partial charge in [-0.15, -0.1) is 0 Å². The molecule has 0 radical (unpaired) electrons. The molecule has 174 valence electrons. The van der Waals surface area contributed by atoms with Crippen LogP contribution in [0, 0.1) is 0 Å². The Kier molecular flexibility index (Phi) is 5.13. The van der Waals surface area contributed by atoms with E-state index in [2.05, 4.69) is 51.2 Å². The fourth-order valence-corrected chi connectivity index (χ4v) is 4.30. The molecular formula is C27H25N7O. The average Bonchev–Trinajstić information content (AvgIpc) is 3.39. The monoisotopic (exact) mass is 463 g/mol. The van der Waals surface area contributed by atoms with Crippen LogP contribution in [0.25, 0.3) is 28.3 Å². The van der Waals surface area contributed by atoms with Crippen LogP contribution in [0.1, 0.15) is 54.7 Å². The van der Waals surface area contributed by atoms with Gasteiger partial charge >= 0.3 is 0 Å². The third kappa shape index (κ3) is 4.07. The lowest BCUT2D eigenvalue weighted by molar-refractivity contribution is 0.102. The zero-order valence-electron chi connectivity index (χ0n) is 19.6. The van der Waals surface area contributed by atoms with Crippen LogP contribution in [0.4, 0.5) is 5.82 Å². The van der Waals surface area contributed by atoms with Gasteiger partial charge in [0, 0.05) is 66.0 Å². The largest absolute Gasteiger partial charge is 0.327 e. The summed E-state index contributed by atoms with van der Waals surface area (Å²) in [5, 5.41) is 2.95. The quantitative estimate of drug-likeness (QED) is 0.366. The highest BCUT2D eigenvalue weighted by atomic mass is 16.1. The smallest absolute Gasteiger partial charge is 0.260 e. The van der Waals surface area contributed by atoms with Gasteiger partial charge < -0.3 is 14.3 Å². The molecule has 0 spiro atoms. The van der Waals surface area contributed by atoms with E-state index in [-0.39, 0.29) is 11.9 Å². The van der Waals surface area contributed by atoms with Gasteiger partial charge in [0.05, 0.1) is 5.56 Å². The van der Waals surface area contributed by atoms with E-state index in [1.807, 2.05) is 52.0 Å². The summed E-state index contributed by atoms with van der Waals surface area (Å²) < 4.78 is 3.91. The summed E-state index contributed by atoms with van der Waals surface area (Å²) in [6.07, 6.45) is 13.5. The summed E-state index contributed by atoms with van der Waals surface area (Å²) in [5.74, 6) is 1.54. The third-order valence-electron chi connectivity index (χ3n) is 6.29. The first-order valence-electron chi connectivity index (χ1n) is 11.8. The summed E-state index contributed by atoms with van der Waals surface area (Å²) in [5.41, 5.74) is 4.74. The number of nitrogens with one attached hydrogen (secondary N) is 1. The van der Waals surface area contributed by atoms with E-state index in [0.29, 0.717) is 28.6 Å². The number of amides is 1. The second-order valence-corrected chi connectivity index (χ2v) is 9.16. The summed E-state index contributed by atoms with van der Waals surface area (Å²) in [7, 11) is 0. The van der Waals surface area contributed by atoms with E-state index >= 15 is 0 Å². The van der Waals surface area contributed by atoms with Gasteiger partial charge in [0.15, 0.2) is 5.82 Å². The maximum absolute atomic E-state index is 13.4. The summed E-state index contributed by atoms with van der Waals surface area (Å²) in [4.78, 5) is 31.5. The van der Waals surface area contributed by atoms with E-state index < -0.39 is 0 Å². The number of imidazole rings is 2. The lowest BCUT2D eigenvalue weighted by Gasteiger charge is -2.12. The zero-order valence-corrected chi connectivity index (χ0v) is 19.6. The SMILES string of the molecule is CC(C)n1ccnc1-c1cccc(NC(=O)c2cc(-c3ccc(C4CC4)nc3)cn3ccnc23)n1. The van der Waals surface area contributed by atoms with Crippen molar-refractivity contribution in [3.63, 3.8) is 0 Å². The van der Waals surface area contributed by atoms with Crippen LogP contribution in [-0.4, -0.2) is 34.8 Å². The van der Waals surface area contributed by atoms with E-state index in [9.17, 15) is 4.79 Å². The maximum Gasteiger partial charge on any atom is 0.260 e. The normalized spacial score (nSPS) is 13.5. The van der Waals surface area contributed by atoms with Gasteiger partial charge in [0.25, 0.3) is 5.91 Å². The molecule has 8 nitrogen and oxygen atoms in total. The molecule has 1 N–H and O–H groups in total. The standard InChI is InChI=1S/C27H25N7O/c1-17(2)34-13-11-29-26(34)23-4-3-5-24(31-23)32-27(35)21-14-20(16-33-12-10-28-25(21)33)19-8-9-22(30-15-19)18-6-7-18/h3-5,8-18H,6-7H2,1-2H3,(H,31,32,35). The molecule has 6 rings (SSSR count). The molecule has 1 amide bonds. The molecule has 0 bridgehead atoms. The highest BCUT2D eigenvalue weighted by Gasteiger charge is 2.24. The number of aromatic nitrogens is 6. The number of carbonyl (C=O) groups excluding carboxylic acids is 1. The topological polar surface area (TPSA) is 90.0 Å². The minimum atomic E-state index is -0.275. The van der Waals surface area contributed by atoms with Crippen molar-refractivity contribution in [1.82, 2.24) is 28.9 Å². The van der Waals surface area contributed by atoms with Gasteiger partial charge in [-0.05, 0) is 51.0 Å². The Labute approximate surface area is 202 Å². The zero-order chi connectivity index (χ0) is 23.9. The summed E-state index contributed by atoms with van der Waals surface area (Å²) in [6.45, 7) is 4.18. The van der Waals surface area contributed by atoms with Crippen LogP contribution in [0.15, 0.2) is 73.6 Å². The number of anilines is 1. The van der Waals surface area contributed by atoms with Crippen LogP contribution in [-0.2, 0) is 0 Å². The van der Waals surface area contributed by atoms with Crippen molar-refractivity contribution in [2.24, 2.45) is 0 Å². The third-order valence-corrected chi connectivity index (χ3v) is 6.29. The van der Waals surface area contributed by atoms with Gasteiger partial charge in [-0.2, -0.15) is 0 Å². The molecule has 0 aromatic carbocycles. The van der Waals surface area contributed by atoms with Gasteiger partial charge in [0.2, 0.25) is 0 Å². The number of carbonyl (C=O) groups is 1. The van der Waals surface area contributed by atoms with E-state index in [4.69, 9.17) is 0 Å². The number of hydrogen-bond acceptors (Lipinski definition) is 5. The predicted octanol–water partition coefficient (Wildman–Crippen LogP) is 5.37. The van der Waals surface area contributed by atoms with Gasteiger partial charge in [0.1, 0.15) is 17.2 Å². The van der Waals surface area contributed by atoms with E-state index in [1.54, 1.807) is 18.5 Å². The number of rotatable bonds is 6. The number of fused-ring (bicyclic) bond motifs is 1. The first-order valence-corrected chi connectivity index (χ1v) is 11.8. The minimum absolute atomic E-state index is 0.247. The van der Waals surface area contributed by atoms with E-state index in [1.165, 1.54) is 12.8 Å². The Balaban J connectivity index is 1.32. The molecule has 5 aromatic heterocycles. The molecule has 5 heterocycles. The second kappa shape index (κ2) is 8.47. The lowest BCUT2D eigenvalue weighted by atomic mass is 10.1. The molecule has 35 heavy (non-hydrogen) atoms. The Morgan fingerprint density at radius 3 is 2.66 bits per heavy atom. The number of hydrogen-bond donors (Lipinski definition) is 1. The number of nitrogens with zero attached hydrogens (tertiary/aromatic N) is 6. The lowest BCUT2D eigenvalue weighted by Crippen LogP contribution is -2.15. The van der Waals surface area contributed by atoms with Gasteiger partial charge in [-0.3, -0.25) is 9.78 Å². The first kappa shape index (κ1) is 21.2. The molecule has 0 saturated heterocycles. The van der Waals surface area contributed by atoms with Crippen LogP contribution < -0.4 is 5.32 Å². The summed E-state index contributed by atoms with van der Waals surface area (Å²) >= 11 is 0. The van der Waals surface area contributed by atoms with Crippen molar-refractivity contribution in [2.75, 3.05) is 5.32 Å². The second-order valence-electron chi connectivity index (χ2n) is 9.16. The Hall–Kier alpha value is -4.33. The molecule has 1 fully saturated rings. The first-order chi connectivity index (χ1) is 17.1. The molecule has 0 unspecified atom stereocenters. The number of pyridine rings is 3. The van der Waals surface area contributed by atoms with Gasteiger partial charge in [-0.1, -0.05) is 12.1 Å². The average molecular weight is 464 g/mol. The fourth-order valence-electron chi connectivity index (χ4n) is 4.30. The van der Waals surface area contributed by atoms with Crippen molar-refractivity contribution >= 4 is 17.4 Å². The highest BCUT2D eigenvalue weighted by Crippen LogP contribution is 2.39. The van der Waals surface area contributed by atoms with Crippen LogP contribution in [0.5, 0.6) is 0 Å². The van der Waals surface area contributed by atoms with Gasteiger partial charge in [-0.25, -0.2) is 15.0 Å². The van der Waals surface area contributed by atoms with Crippen LogP contribution in [0.2, 0.25) is 0 Å². The predicted molar refractivity (Wildman–Crippen MR) is 134 cm³/mol. The molecule has 1 saturated carbocycles. The Bertz CT molecular complexity index is 1530. The maximum atomic E-state index is 13.4. The minimum Gasteiger partial charge on any atom is -0.327 e. The summed E-state index contributed by atoms with van der Waals surface area (Å²) in [6, 6.07) is 11.8. The highest BCUT2D eigenvalue weighted by molar-refractivity contribution is 6.08. The molecular weight excluding hydrogens is 438 g/mol. The van der Waals surface area contributed by atoms with Crippen LogP contribution in [0.3, 0.4) is 0 Å². The molecule has 8 heteroatoms. The van der Waals surface area contributed by atoms with Crippen molar-refractivity contribution < 1.29 is 4.79 Å². The molecule has 0 atom stereocenters. The molecule has 0 aliphatic heterocycles. The Morgan fingerprint density at radius 1 is 1.03 bits per heavy atom. The van der Waals surface area contributed by atoms with Crippen LogP contribution >= 0.6 is 0 Å². The molecule has 1 aliphatic rings. The van der Waals surface area contributed by atoms with Crippen molar-refractivity contribution in [2.45, 2.75) is 38.6 Å². The van der Waals surface area contributed by atoms with Crippen molar-refractivity contribution in [3.8, 4) is 22.6 Å². The van der Waals surface area contributed by atoms with Crippen molar-refractivity contribution in [1.29, 1.82) is 0 Å². The molecule has 5 aromatic rings. The Morgan fingerprint density at radius 2 is 1.89 bits per heavy atom.